The largest absolute Gasteiger partial charge is 0.359 e. The topological polar surface area (TPSA) is 112 Å². The molecule has 1 aromatic heterocycles. The molecular formula is C17H27IN6O3. The van der Waals surface area contributed by atoms with Gasteiger partial charge in [0.25, 0.3) is 5.91 Å². The molecule has 2 saturated heterocycles. The Kier molecular flexibility index (Phi) is 7.06. The molecule has 10 heteroatoms. The Labute approximate surface area is 175 Å². The number of amides is 3. The Morgan fingerprint density at radius 3 is 2.67 bits per heavy atom. The second-order valence-electron chi connectivity index (χ2n) is 6.98. The summed E-state index contributed by atoms with van der Waals surface area (Å²) in [5, 5.41) is 12.3. The molecule has 1 atom stereocenters. The fourth-order valence-electron chi connectivity index (χ4n) is 3.58. The minimum absolute atomic E-state index is 0. The number of guanidine groups is 1. The third kappa shape index (κ3) is 4.71. The van der Waals surface area contributed by atoms with Crippen LogP contribution in [0, 0.1) is 12.8 Å². The number of aliphatic imine (C=N–C) groups is 1. The Morgan fingerprint density at radius 1 is 1.44 bits per heavy atom. The minimum Gasteiger partial charge on any atom is -0.359 e. The zero-order chi connectivity index (χ0) is 18.7. The molecule has 0 aliphatic carbocycles. The summed E-state index contributed by atoms with van der Waals surface area (Å²) in [6.07, 6.45) is 1.60. The van der Waals surface area contributed by atoms with Gasteiger partial charge >= 0.3 is 6.03 Å². The number of aromatic nitrogens is 1. The van der Waals surface area contributed by atoms with E-state index in [1.54, 1.807) is 6.92 Å². The maximum Gasteiger partial charge on any atom is 0.322 e. The molecule has 3 heterocycles. The molecular weight excluding hydrogens is 463 g/mol. The van der Waals surface area contributed by atoms with Gasteiger partial charge in [0.15, 0.2) is 11.7 Å². The van der Waals surface area contributed by atoms with Crippen LogP contribution < -0.4 is 16.0 Å². The van der Waals surface area contributed by atoms with E-state index in [1.165, 1.54) is 0 Å². The standard InChI is InChI=1S/C17H26N6O3.HI/c1-4-18-15(19-10-13-9-11(2)22-26-13)23-7-5-12(6-8-23)17(3)14(24)20-16(25)21-17;/h9,12H,4-8,10H2,1-3H3,(H,18,19)(H2,20,21,24,25);1H. The van der Waals surface area contributed by atoms with Crippen molar-refractivity contribution in [2.75, 3.05) is 19.6 Å². The summed E-state index contributed by atoms with van der Waals surface area (Å²) in [4.78, 5) is 30.4. The molecule has 3 rings (SSSR count). The van der Waals surface area contributed by atoms with Gasteiger partial charge in [0.1, 0.15) is 12.1 Å². The number of piperidine rings is 1. The van der Waals surface area contributed by atoms with Crippen molar-refractivity contribution >= 4 is 41.9 Å². The van der Waals surface area contributed by atoms with E-state index in [9.17, 15) is 9.59 Å². The van der Waals surface area contributed by atoms with Crippen LogP contribution in [-0.2, 0) is 11.3 Å². The van der Waals surface area contributed by atoms with Crippen LogP contribution in [0.15, 0.2) is 15.6 Å². The third-order valence-electron chi connectivity index (χ3n) is 5.08. The van der Waals surface area contributed by atoms with Crippen molar-refractivity contribution in [1.82, 2.24) is 26.0 Å². The smallest absolute Gasteiger partial charge is 0.322 e. The molecule has 0 bridgehead atoms. The maximum absolute atomic E-state index is 12.1. The first-order valence-corrected chi connectivity index (χ1v) is 9.01. The van der Waals surface area contributed by atoms with Crippen LogP contribution in [0.25, 0.3) is 0 Å². The number of imide groups is 1. The highest BCUT2D eigenvalue weighted by Gasteiger charge is 2.48. The molecule has 2 fully saturated rings. The Morgan fingerprint density at radius 2 is 2.15 bits per heavy atom. The van der Waals surface area contributed by atoms with Crippen LogP contribution in [0.3, 0.4) is 0 Å². The first kappa shape index (κ1) is 21.5. The van der Waals surface area contributed by atoms with Gasteiger partial charge in [-0.3, -0.25) is 10.1 Å². The van der Waals surface area contributed by atoms with E-state index in [-0.39, 0.29) is 35.8 Å². The molecule has 0 saturated carbocycles. The SMILES string of the molecule is CCNC(=NCc1cc(C)no1)N1CCC(C2(C)NC(=O)NC2=O)CC1.I. The summed E-state index contributed by atoms with van der Waals surface area (Å²) in [6.45, 7) is 8.45. The van der Waals surface area contributed by atoms with Gasteiger partial charge < -0.3 is 20.1 Å². The molecule has 9 nitrogen and oxygen atoms in total. The first-order valence-electron chi connectivity index (χ1n) is 9.01. The molecule has 1 unspecified atom stereocenters. The van der Waals surface area contributed by atoms with Gasteiger partial charge in [-0.1, -0.05) is 5.16 Å². The second kappa shape index (κ2) is 8.89. The lowest BCUT2D eigenvalue weighted by Crippen LogP contribution is -2.55. The van der Waals surface area contributed by atoms with E-state index < -0.39 is 11.6 Å². The molecule has 2 aliphatic rings. The summed E-state index contributed by atoms with van der Waals surface area (Å²) >= 11 is 0. The van der Waals surface area contributed by atoms with E-state index in [0.717, 1.165) is 49.9 Å². The van der Waals surface area contributed by atoms with Crippen molar-refractivity contribution in [3.8, 4) is 0 Å². The Bertz CT molecular complexity index is 713. The number of nitrogens with zero attached hydrogens (tertiary/aromatic N) is 3. The molecule has 3 amide bonds. The lowest BCUT2D eigenvalue weighted by molar-refractivity contribution is -0.125. The lowest BCUT2D eigenvalue weighted by Gasteiger charge is -2.39. The number of rotatable bonds is 4. The molecule has 1 aromatic rings. The van der Waals surface area contributed by atoms with E-state index in [4.69, 9.17) is 4.52 Å². The maximum atomic E-state index is 12.1. The van der Waals surface area contributed by atoms with E-state index in [2.05, 4.69) is 31.0 Å². The summed E-state index contributed by atoms with van der Waals surface area (Å²) in [6, 6.07) is 1.47. The number of urea groups is 1. The Balaban J connectivity index is 0.00000261. The average molecular weight is 490 g/mol. The predicted octanol–water partition coefficient (Wildman–Crippen LogP) is 1.38. The third-order valence-corrected chi connectivity index (χ3v) is 5.08. The van der Waals surface area contributed by atoms with Crippen LogP contribution in [0.4, 0.5) is 4.79 Å². The van der Waals surface area contributed by atoms with Gasteiger partial charge in [0, 0.05) is 25.7 Å². The number of likely N-dealkylation sites (tertiary alicyclic amines) is 1. The first-order chi connectivity index (χ1) is 12.4. The average Bonchev–Trinajstić information content (AvgIpc) is 3.14. The predicted molar refractivity (Wildman–Crippen MR) is 111 cm³/mol. The van der Waals surface area contributed by atoms with Gasteiger partial charge in [0.2, 0.25) is 0 Å². The van der Waals surface area contributed by atoms with Gasteiger partial charge in [-0.05, 0) is 39.5 Å². The highest BCUT2D eigenvalue weighted by molar-refractivity contribution is 14.0. The van der Waals surface area contributed by atoms with Crippen molar-refractivity contribution in [1.29, 1.82) is 0 Å². The molecule has 27 heavy (non-hydrogen) atoms. The number of nitrogens with one attached hydrogen (secondary N) is 3. The fraction of sp³-hybridized carbons (Fsp3) is 0.647. The molecule has 2 aliphatic heterocycles. The van der Waals surface area contributed by atoms with Crippen LogP contribution >= 0.6 is 24.0 Å². The highest BCUT2D eigenvalue weighted by Crippen LogP contribution is 2.30. The van der Waals surface area contributed by atoms with Gasteiger partial charge in [-0.25, -0.2) is 9.79 Å². The summed E-state index contributed by atoms with van der Waals surface area (Å²) in [5.74, 6) is 1.42. The molecule has 0 spiro atoms. The summed E-state index contributed by atoms with van der Waals surface area (Å²) in [5.41, 5.74) is 0.0156. The molecule has 0 aromatic carbocycles. The molecule has 0 radical (unpaired) electrons. The van der Waals surface area contributed by atoms with Gasteiger partial charge in [-0.15, -0.1) is 24.0 Å². The Hall–Kier alpha value is -1.85. The monoisotopic (exact) mass is 490 g/mol. The number of carbonyl (C=O) groups is 2. The summed E-state index contributed by atoms with van der Waals surface area (Å²) < 4.78 is 5.21. The zero-order valence-corrected chi connectivity index (χ0v) is 18.2. The van der Waals surface area contributed by atoms with Crippen molar-refractivity contribution in [3.63, 3.8) is 0 Å². The van der Waals surface area contributed by atoms with Crippen LogP contribution in [-0.4, -0.2) is 53.1 Å². The van der Waals surface area contributed by atoms with Gasteiger partial charge in [-0.2, -0.15) is 0 Å². The van der Waals surface area contributed by atoms with Crippen molar-refractivity contribution < 1.29 is 14.1 Å². The minimum atomic E-state index is -0.823. The normalized spacial score (nSPS) is 23.7. The quantitative estimate of drug-likeness (QED) is 0.255. The number of aryl methyl sites for hydroxylation is 1. The second-order valence-corrected chi connectivity index (χ2v) is 6.98. The number of halogens is 1. The van der Waals surface area contributed by atoms with E-state index in [0.29, 0.717) is 6.54 Å². The summed E-state index contributed by atoms with van der Waals surface area (Å²) in [7, 11) is 0. The van der Waals surface area contributed by atoms with Crippen molar-refractivity contribution in [2.24, 2.45) is 10.9 Å². The fourth-order valence-corrected chi connectivity index (χ4v) is 3.58. The van der Waals surface area contributed by atoms with Crippen molar-refractivity contribution in [3.05, 3.63) is 17.5 Å². The van der Waals surface area contributed by atoms with Crippen LogP contribution in [0.1, 0.15) is 38.1 Å². The van der Waals surface area contributed by atoms with Crippen LogP contribution in [0.5, 0.6) is 0 Å². The number of carbonyl (C=O) groups excluding carboxylic acids is 2. The van der Waals surface area contributed by atoms with E-state index >= 15 is 0 Å². The molecule has 3 N–H and O–H groups in total. The highest BCUT2D eigenvalue weighted by atomic mass is 127. The molecule has 150 valence electrons. The van der Waals surface area contributed by atoms with Gasteiger partial charge in [0.05, 0.1) is 5.69 Å². The van der Waals surface area contributed by atoms with Crippen LogP contribution in [0.2, 0.25) is 0 Å². The van der Waals surface area contributed by atoms with Crippen molar-refractivity contribution in [2.45, 2.75) is 45.7 Å². The lowest BCUT2D eigenvalue weighted by atomic mass is 9.79. The number of hydrogen-bond donors (Lipinski definition) is 3. The zero-order valence-electron chi connectivity index (χ0n) is 15.9. The van der Waals surface area contributed by atoms with E-state index in [1.807, 2.05) is 19.9 Å². The number of hydrogen-bond acceptors (Lipinski definition) is 5.